The van der Waals surface area contributed by atoms with Crippen molar-refractivity contribution in [3.05, 3.63) is 29.8 Å². The molecule has 1 aromatic carbocycles. The summed E-state index contributed by atoms with van der Waals surface area (Å²) >= 11 is 0. The van der Waals surface area contributed by atoms with Crippen LogP contribution in [0.15, 0.2) is 29.4 Å². The molecule has 0 unspecified atom stereocenters. The van der Waals surface area contributed by atoms with Crippen LogP contribution in [0.25, 0.3) is 0 Å². The topological polar surface area (TPSA) is 30.8 Å². The van der Waals surface area contributed by atoms with Gasteiger partial charge >= 0.3 is 0 Å². The predicted octanol–water partition coefficient (Wildman–Crippen LogP) is 3.24. The quantitative estimate of drug-likeness (QED) is 0.402. The van der Waals surface area contributed by atoms with Crippen LogP contribution in [0.1, 0.15) is 31.7 Å². The smallest absolute Gasteiger partial charge is 0.118 e. The van der Waals surface area contributed by atoms with Gasteiger partial charge in [0, 0.05) is 0 Å². The van der Waals surface area contributed by atoms with E-state index < -0.39 is 0 Å². The summed E-state index contributed by atoms with van der Waals surface area (Å²) in [5.41, 5.74) is 1.01. The Kier molecular flexibility index (Phi) is 6.07. The van der Waals surface area contributed by atoms with Gasteiger partial charge in [-0.3, -0.25) is 0 Å². The molecule has 0 amide bonds. The second-order valence-electron chi connectivity index (χ2n) is 3.55. The van der Waals surface area contributed by atoms with E-state index in [1.165, 1.54) is 12.8 Å². The van der Waals surface area contributed by atoms with Crippen molar-refractivity contribution in [3.8, 4) is 5.75 Å². The molecule has 0 bridgehead atoms. The van der Waals surface area contributed by atoms with Crippen LogP contribution < -0.4 is 4.74 Å². The average molecular weight is 221 g/mol. The number of benzene rings is 1. The Morgan fingerprint density at radius 1 is 1.19 bits per heavy atom. The number of nitrogens with zero attached hydrogens (tertiary/aromatic N) is 1. The van der Waals surface area contributed by atoms with Crippen LogP contribution in [0, 0.1) is 0 Å². The summed E-state index contributed by atoms with van der Waals surface area (Å²) in [4.78, 5) is 5.13. The maximum atomic E-state index is 5.13. The van der Waals surface area contributed by atoms with E-state index in [1.54, 1.807) is 13.3 Å². The summed E-state index contributed by atoms with van der Waals surface area (Å²) in [6.07, 6.45) is 5.17. The Balaban J connectivity index is 2.27. The number of ether oxygens (including phenoxy) is 1. The Morgan fingerprint density at radius 2 is 1.94 bits per heavy atom. The lowest BCUT2D eigenvalue weighted by molar-refractivity contribution is 0.141. The van der Waals surface area contributed by atoms with E-state index >= 15 is 0 Å². The standard InChI is InChI=1S/C13H19NO2/c1-3-4-5-10-16-14-11-12-6-8-13(15-2)9-7-12/h6-9,11H,3-5,10H2,1-2H3. The van der Waals surface area contributed by atoms with Crippen molar-refractivity contribution in [1.29, 1.82) is 0 Å². The summed E-state index contributed by atoms with van der Waals surface area (Å²) in [6, 6.07) is 7.69. The van der Waals surface area contributed by atoms with E-state index in [1.807, 2.05) is 24.3 Å². The van der Waals surface area contributed by atoms with Crippen LogP contribution in [-0.2, 0) is 4.84 Å². The van der Waals surface area contributed by atoms with Crippen molar-refractivity contribution in [3.63, 3.8) is 0 Å². The number of oxime groups is 1. The highest BCUT2D eigenvalue weighted by Crippen LogP contribution is 2.09. The summed E-state index contributed by atoms with van der Waals surface area (Å²) < 4.78 is 5.06. The summed E-state index contributed by atoms with van der Waals surface area (Å²) in [6.45, 7) is 2.86. The second-order valence-corrected chi connectivity index (χ2v) is 3.55. The van der Waals surface area contributed by atoms with Gasteiger partial charge in [0.15, 0.2) is 0 Å². The SMILES string of the molecule is CCCCCON=Cc1ccc(OC)cc1. The first kappa shape index (κ1) is 12.6. The molecule has 0 radical (unpaired) electrons. The van der Waals surface area contributed by atoms with Crippen molar-refractivity contribution in [1.82, 2.24) is 0 Å². The van der Waals surface area contributed by atoms with Crippen molar-refractivity contribution in [2.75, 3.05) is 13.7 Å². The van der Waals surface area contributed by atoms with Crippen molar-refractivity contribution < 1.29 is 9.57 Å². The molecule has 0 saturated carbocycles. The molecular weight excluding hydrogens is 202 g/mol. The molecule has 88 valence electrons. The van der Waals surface area contributed by atoms with Crippen LogP contribution in [-0.4, -0.2) is 19.9 Å². The van der Waals surface area contributed by atoms with E-state index in [2.05, 4.69) is 12.1 Å². The van der Waals surface area contributed by atoms with Crippen LogP contribution in [0.3, 0.4) is 0 Å². The van der Waals surface area contributed by atoms with Crippen LogP contribution in [0.4, 0.5) is 0 Å². The first-order valence-corrected chi connectivity index (χ1v) is 5.66. The summed E-state index contributed by atoms with van der Waals surface area (Å²) in [7, 11) is 1.65. The highest BCUT2D eigenvalue weighted by atomic mass is 16.6. The molecule has 1 rings (SSSR count). The van der Waals surface area contributed by atoms with Gasteiger partial charge in [0.2, 0.25) is 0 Å². The summed E-state index contributed by atoms with van der Waals surface area (Å²) in [5.74, 6) is 0.848. The molecular formula is C13H19NO2. The molecule has 16 heavy (non-hydrogen) atoms. The highest BCUT2D eigenvalue weighted by Gasteiger charge is 1.90. The maximum Gasteiger partial charge on any atom is 0.118 e. The van der Waals surface area contributed by atoms with E-state index in [0.717, 1.165) is 17.7 Å². The number of unbranched alkanes of at least 4 members (excludes halogenated alkanes) is 2. The third-order valence-corrected chi connectivity index (χ3v) is 2.23. The second kappa shape index (κ2) is 7.74. The fourth-order valence-corrected chi connectivity index (χ4v) is 1.26. The van der Waals surface area contributed by atoms with Gasteiger partial charge in [0.1, 0.15) is 12.4 Å². The van der Waals surface area contributed by atoms with E-state index in [-0.39, 0.29) is 0 Å². The van der Waals surface area contributed by atoms with Gasteiger partial charge in [-0.05, 0) is 36.2 Å². The zero-order valence-electron chi connectivity index (χ0n) is 9.98. The van der Waals surface area contributed by atoms with Crippen LogP contribution >= 0.6 is 0 Å². The first-order valence-electron chi connectivity index (χ1n) is 5.66. The fraction of sp³-hybridized carbons (Fsp3) is 0.462. The van der Waals surface area contributed by atoms with Crippen molar-refractivity contribution in [2.24, 2.45) is 5.16 Å². The third kappa shape index (κ3) is 4.82. The Labute approximate surface area is 97.1 Å². The molecule has 0 heterocycles. The Morgan fingerprint density at radius 3 is 2.56 bits per heavy atom. The number of hydrogen-bond acceptors (Lipinski definition) is 3. The van der Waals surface area contributed by atoms with Crippen LogP contribution in [0.2, 0.25) is 0 Å². The number of hydrogen-bond donors (Lipinski definition) is 0. The third-order valence-electron chi connectivity index (χ3n) is 2.23. The number of rotatable bonds is 7. The molecule has 0 saturated heterocycles. The molecule has 0 spiro atoms. The van der Waals surface area contributed by atoms with Gasteiger partial charge in [0.05, 0.1) is 13.3 Å². The van der Waals surface area contributed by atoms with Gasteiger partial charge in [-0.2, -0.15) is 0 Å². The van der Waals surface area contributed by atoms with E-state index in [0.29, 0.717) is 6.61 Å². The minimum absolute atomic E-state index is 0.695. The lowest BCUT2D eigenvalue weighted by Gasteiger charge is -1.99. The van der Waals surface area contributed by atoms with Gasteiger partial charge in [-0.1, -0.05) is 24.9 Å². The molecule has 0 fully saturated rings. The van der Waals surface area contributed by atoms with E-state index in [4.69, 9.17) is 9.57 Å². The van der Waals surface area contributed by atoms with Crippen LogP contribution in [0.5, 0.6) is 5.75 Å². The number of methoxy groups -OCH3 is 1. The monoisotopic (exact) mass is 221 g/mol. The minimum Gasteiger partial charge on any atom is -0.497 e. The van der Waals surface area contributed by atoms with Crippen molar-refractivity contribution >= 4 is 6.21 Å². The molecule has 0 aromatic heterocycles. The molecule has 0 aliphatic carbocycles. The highest BCUT2D eigenvalue weighted by molar-refractivity contribution is 5.79. The molecule has 0 aliphatic rings. The molecule has 0 N–H and O–H groups in total. The zero-order chi connectivity index (χ0) is 11.6. The molecule has 3 heteroatoms. The largest absolute Gasteiger partial charge is 0.497 e. The Bertz CT molecular complexity index is 306. The lowest BCUT2D eigenvalue weighted by atomic mass is 10.2. The van der Waals surface area contributed by atoms with Gasteiger partial charge in [0.25, 0.3) is 0 Å². The lowest BCUT2D eigenvalue weighted by Crippen LogP contribution is -1.89. The zero-order valence-corrected chi connectivity index (χ0v) is 9.98. The fourth-order valence-electron chi connectivity index (χ4n) is 1.26. The van der Waals surface area contributed by atoms with E-state index in [9.17, 15) is 0 Å². The van der Waals surface area contributed by atoms with Gasteiger partial charge in [-0.15, -0.1) is 0 Å². The van der Waals surface area contributed by atoms with Crippen molar-refractivity contribution in [2.45, 2.75) is 26.2 Å². The van der Waals surface area contributed by atoms with Gasteiger partial charge < -0.3 is 9.57 Å². The molecule has 1 aromatic rings. The average Bonchev–Trinajstić information content (AvgIpc) is 2.34. The van der Waals surface area contributed by atoms with Gasteiger partial charge in [-0.25, -0.2) is 0 Å². The normalized spacial score (nSPS) is 10.6. The Hall–Kier alpha value is -1.51. The molecule has 3 nitrogen and oxygen atoms in total. The first-order chi connectivity index (χ1) is 7.86. The molecule has 0 aliphatic heterocycles. The predicted molar refractivity (Wildman–Crippen MR) is 66.1 cm³/mol. The maximum absolute atomic E-state index is 5.13. The summed E-state index contributed by atoms with van der Waals surface area (Å²) in [5, 5.41) is 3.90. The minimum atomic E-state index is 0.695. The molecule has 0 atom stereocenters.